The first kappa shape index (κ1) is 13.9. The molecular weight excluding hydrogens is 252 g/mol. The van der Waals surface area contributed by atoms with E-state index in [-0.39, 0.29) is 11.4 Å². The summed E-state index contributed by atoms with van der Waals surface area (Å²) in [6, 6.07) is 3.57. The lowest BCUT2D eigenvalue weighted by Gasteiger charge is -2.13. The Bertz CT molecular complexity index is 473. The Kier molecular flexibility index (Phi) is 4.14. The topological polar surface area (TPSA) is 38.3 Å². The fourth-order valence-corrected chi connectivity index (χ4v) is 2.10. The van der Waals surface area contributed by atoms with E-state index >= 15 is 0 Å². The van der Waals surface area contributed by atoms with Crippen LogP contribution in [-0.4, -0.2) is 26.2 Å². The molecule has 1 aliphatic rings. The van der Waals surface area contributed by atoms with Gasteiger partial charge in [0.1, 0.15) is 11.6 Å². The molecule has 0 radical (unpaired) electrons. The van der Waals surface area contributed by atoms with Crippen molar-refractivity contribution in [1.82, 2.24) is 5.32 Å². The lowest BCUT2D eigenvalue weighted by molar-refractivity contribution is -0.146. The van der Waals surface area contributed by atoms with Crippen LogP contribution in [0.1, 0.15) is 18.4 Å². The number of halogens is 2. The second-order valence-electron chi connectivity index (χ2n) is 4.93. The van der Waals surface area contributed by atoms with E-state index in [0.29, 0.717) is 25.1 Å². The van der Waals surface area contributed by atoms with Gasteiger partial charge in [0.15, 0.2) is 0 Å². The van der Waals surface area contributed by atoms with Crippen LogP contribution in [0.15, 0.2) is 18.2 Å². The third-order valence-electron chi connectivity index (χ3n) is 3.52. The zero-order valence-corrected chi connectivity index (χ0v) is 10.8. The van der Waals surface area contributed by atoms with Gasteiger partial charge >= 0.3 is 5.97 Å². The molecule has 1 aromatic rings. The van der Waals surface area contributed by atoms with E-state index < -0.39 is 11.6 Å². The van der Waals surface area contributed by atoms with Gasteiger partial charge in [0.05, 0.1) is 12.5 Å². The van der Waals surface area contributed by atoms with Gasteiger partial charge in [0.25, 0.3) is 0 Å². The molecule has 1 fully saturated rings. The number of hydrogen-bond acceptors (Lipinski definition) is 3. The molecular formula is C14H17F2NO2. The predicted molar refractivity (Wildman–Crippen MR) is 66.6 cm³/mol. The molecule has 1 aliphatic carbocycles. The average Bonchev–Trinajstić information content (AvgIpc) is 3.17. The number of esters is 1. The first-order valence-corrected chi connectivity index (χ1v) is 6.30. The number of ether oxygens (including phenoxy) is 1. The maximum atomic E-state index is 13.4. The first-order chi connectivity index (χ1) is 9.07. The molecule has 1 N–H and O–H groups in total. The lowest BCUT2D eigenvalue weighted by atomic mass is 10.1. The van der Waals surface area contributed by atoms with Gasteiger partial charge in [0, 0.05) is 12.6 Å². The van der Waals surface area contributed by atoms with Crippen molar-refractivity contribution < 1.29 is 18.3 Å². The molecule has 2 rings (SSSR count). The van der Waals surface area contributed by atoms with E-state index in [2.05, 4.69) is 5.32 Å². The van der Waals surface area contributed by atoms with Crippen molar-refractivity contribution in [3.8, 4) is 0 Å². The minimum absolute atomic E-state index is 0.187. The molecule has 1 aromatic carbocycles. The maximum Gasteiger partial charge on any atom is 0.313 e. The summed E-state index contributed by atoms with van der Waals surface area (Å²) >= 11 is 0. The molecule has 19 heavy (non-hydrogen) atoms. The highest BCUT2D eigenvalue weighted by molar-refractivity contribution is 5.80. The fraction of sp³-hybridized carbons (Fsp3) is 0.500. The Labute approximate surface area is 111 Å². The fourth-order valence-electron chi connectivity index (χ4n) is 2.10. The molecule has 3 nitrogen and oxygen atoms in total. The van der Waals surface area contributed by atoms with Gasteiger partial charge in [-0.2, -0.15) is 0 Å². The van der Waals surface area contributed by atoms with E-state index in [0.717, 1.165) is 18.9 Å². The van der Waals surface area contributed by atoms with Gasteiger partial charge in [-0.05, 0) is 37.4 Å². The summed E-state index contributed by atoms with van der Waals surface area (Å²) in [6.45, 7) is 1.09. The normalized spacial score (nSPS) is 16.2. The summed E-state index contributed by atoms with van der Waals surface area (Å²) in [4.78, 5) is 11.5. The lowest BCUT2D eigenvalue weighted by Crippen LogP contribution is -2.32. The van der Waals surface area contributed by atoms with Crippen molar-refractivity contribution in [3.05, 3.63) is 35.4 Å². The van der Waals surface area contributed by atoms with Crippen molar-refractivity contribution in [2.75, 3.05) is 20.2 Å². The predicted octanol–water partition coefficient (Wildman–Crippen LogP) is 2.05. The standard InChI is InChI=1S/C14H17F2NO2/c1-19-13(18)14(5-6-14)9-17-7-4-10-2-3-11(15)8-12(10)16/h2-3,8,17H,4-7,9H2,1H3. The zero-order valence-electron chi connectivity index (χ0n) is 10.8. The highest BCUT2D eigenvalue weighted by Crippen LogP contribution is 2.45. The van der Waals surface area contributed by atoms with E-state index in [1.807, 2.05) is 0 Å². The maximum absolute atomic E-state index is 13.4. The van der Waals surface area contributed by atoms with Gasteiger partial charge in [0.2, 0.25) is 0 Å². The Morgan fingerprint density at radius 2 is 2.16 bits per heavy atom. The van der Waals surface area contributed by atoms with Crippen molar-refractivity contribution >= 4 is 5.97 Å². The summed E-state index contributed by atoms with van der Waals surface area (Å²) in [7, 11) is 1.39. The van der Waals surface area contributed by atoms with Crippen molar-refractivity contribution in [2.24, 2.45) is 5.41 Å². The number of carbonyl (C=O) groups excluding carboxylic acids is 1. The van der Waals surface area contributed by atoms with Crippen molar-refractivity contribution in [2.45, 2.75) is 19.3 Å². The molecule has 104 valence electrons. The molecule has 0 spiro atoms. The molecule has 5 heteroatoms. The van der Waals surface area contributed by atoms with Gasteiger partial charge in [-0.25, -0.2) is 8.78 Å². The molecule has 0 saturated heterocycles. The molecule has 0 aromatic heterocycles. The van der Waals surface area contributed by atoms with Crippen molar-refractivity contribution in [1.29, 1.82) is 0 Å². The third kappa shape index (κ3) is 3.29. The van der Waals surface area contributed by atoms with Crippen LogP contribution < -0.4 is 5.32 Å². The number of rotatable bonds is 6. The minimum Gasteiger partial charge on any atom is -0.469 e. The number of hydrogen-bond donors (Lipinski definition) is 1. The molecule has 0 atom stereocenters. The Hall–Kier alpha value is -1.49. The Morgan fingerprint density at radius 3 is 2.74 bits per heavy atom. The van der Waals surface area contributed by atoms with Crippen LogP contribution in [0, 0.1) is 17.0 Å². The van der Waals surface area contributed by atoms with E-state index in [1.54, 1.807) is 0 Å². The summed E-state index contributed by atoms with van der Waals surface area (Å²) < 4.78 is 30.8. The van der Waals surface area contributed by atoms with Crippen LogP contribution in [0.3, 0.4) is 0 Å². The minimum atomic E-state index is -0.572. The highest BCUT2D eigenvalue weighted by atomic mass is 19.1. The van der Waals surface area contributed by atoms with Crippen LogP contribution in [0.2, 0.25) is 0 Å². The van der Waals surface area contributed by atoms with Gasteiger partial charge in [-0.15, -0.1) is 0 Å². The first-order valence-electron chi connectivity index (χ1n) is 6.30. The summed E-state index contributed by atoms with van der Waals surface area (Å²) in [6.07, 6.45) is 2.12. The Balaban J connectivity index is 1.77. The van der Waals surface area contributed by atoms with Gasteiger partial charge in [-0.1, -0.05) is 6.07 Å². The van der Waals surface area contributed by atoms with Crippen molar-refractivity contribution in [3.63, 3.8) is 0 Å². The second-order valence-corrected chi connectivity index (χ2v) is 4.93. The zero-order chi connectivity index (χ0) is 13.9. The summed E-state index contributed by atoms with van der Waals surface area (Å²) in [5, 5.41) is 3.13. The van der Waals surface area contributed by atoms with Gasteiger partial charge in [-0.3, -0.25) is 4.79 Å². The quantitative estimate of drug-likeness (QED) is 0.634. The third-order valence-corrected chi connectivity index (χ3v) is 3.52. The molecule has 0 aliphatic heterocycles. The van der Waals surface area contributed by atoms with Crippen LogP contribution in [0.25, 0.3) is 0 Å². The number of carbonyl (C=O) groups is 1. The van der Waals surface area contributed by atoms with E-state index in [4.69, 9.17) is 4.74 Å². The van der Waals surface area contributed by atoms with Gasteiger partial charge < -0.3 is 10.1 Å². The van der Waals surface area contributed by atoms with Crippen LogP contribution >= 0.6 is 0 Å². The molecule has 0 heterocycles. The molecule has 0 bridgehead atoms. The number of nitrogens with one attached hydrogen (secondary N) is 1. The molecule has 1 saturated carbocycles. The highest BCUT2D eigenvalue weighted by Gasteiger charge is 2.50. The number of methoxy groups -OCH3 is 1. The molecule has 0 unspecified atom stereocenters. The smallest absolute Gasteiger partial charge is 0.313 e. The Morgan fingerprint density at radius 1 is 1.42 bits per heavy atom. The average molecular weight is 269 g/mol. The van der Waals surface area contributed by atoms with Crippen LogP contribution in [-0.2, 0) is 16.0 Å². The van der Waals surface area contributed by atoms with E-state index in [1.165, 1.54) is 19.2 Å². The summed E-state index contributed by atoms with van der Waals surface area (Å²) in [5.41, 5.74) is 0.0904. The molecule has 0 amide bonds. The monoisotopic (exact) mass is 269 g/mol. The summed E-state index contributed by atoms with van der Waals surface area (Å²) in [5.74, 6) is -1.29. The SMILES string of the molecule is COC(=O)C1(CNCCc2ccc(F)cc2F)CC1. The van der Waals surface area contributed by atoms with E-state index in [9.17, 15) is 13.6 Å². The van der Waals surface area contributed by atoms with Crippen LogP contribution in [0.4, 0.5) is 8.78 Å². The largest absolute Gasteiger partial charge is 0.469 e. The van der Waals surface area contributed by atoms with Crippen LogP contribution in [0.5, 0.6) is 0 Å². The number of benzene rings is 1. The second kappa shape index (κ2) is 5.65.